The molecule has 1 aromatic heterocycles. The number of benzene rings is 2. The lowest BCUT2D eigenvalue weighted by atomic mass is 9.93. The van der Waals surface area contributed by atoms with Gasteiger partial charge in [-0.05, 0) is 67.7 Å². The molecule has 2 aliphatic rings. The fourth-order valence-corrected chi connectivity index (χ4v) is 6.13. The highest BCUT2D eigenvalue weighted by Crippen LogP contribution is 2.38. The molecule has 0 amide bonds. The standard InChI is InChI=1S/C29H32N4O3S/c1-18-7-14-27(37-25-16-20(28(35)36)8-13-24(18)25)32-26-17-22(15-19-5-3-2-4-6-19)31-29(33-26)30-21-9-11-23(34)12-10-21/h2-6,8,13,16-18,21,23,34H,7,9-12,14-15H2,1H3,(H,35,36)(H,30,31,33). The number of anilines is 1. The van der Waals surface area contributed by atoms with Crippen molar-refractivity contribution in [1.82, 2.24) is 9.97 Å². The number of carboxylic acid groups (broad SMARTS) is 1. The van der Waals surface area contributed by atoms with Gasteiger partial charge in [-0.2, -0.15) is 4.98 Å². The van der Waals surface area contributed by atoms with Crippen LogP contribution in [0, 0.1) is 0 Å². The topological polar surface area (TPSA) is 108 Å². The van der Waals surface area contributed by atoms with Gasteiger partial charge < -0.3 is 15.5 Å². The summed E-state index contributed by atoms with van der Waals surface area (Å²) in [5.74, 6) is 0.559. The number of rotatable bonds is 6. The normalized spacial score (nSPS) is 22.8. The number of hydrogen-bond donors (Lipinski definition) is 3. The lowest BCUT2D eigenvalue weighted by Gasteiger charge is -2.26. The van der Waals surface area contributed by atoms with Crippen LogP contribution in [0.25, 0.3) is 0 Å². The summed E-state index contributed by atoms with van der Waals surface area (Å²) in [5.41, 5.74) is 3.50. The first-order chi connectivity index (χ1) is 17.9. The van der Waals surface area contributed by atoms with E-state index in [9.17, 15) is 15.0 Å². The van der Waals surface area contributed by atoms with E-state index in [1.165, 1.54) is 17.3 Å². The zero-order valence-corrected chi connectivity index (χ0v) is 21.7. The number of nitrogens with zero attached hydrogens (tertiary/aromatic N) is 3. The summed E-state index contributed by atoms with van der Waals surface area (Å²) in [5, 5.41) is 23.8. The van der Waals surface area contributed by atoms with E-state index in [4.69, 9.17) is 15.0 Å². The molecule has 3 N–H and O–H groups in total. The van der Waals surface area contributed by atoms with Gasteiger partial charge in [0.1, 0.15) is 0 Å². The molecule has 0 bridgehead atoms. The van der Waals surface area contributed by atoms with Gasteiger partial charge in [0, 0.05) is 23.4 Å². The van der Waals surface area contributed by atoms with Crippen molar-refractivity contribution in [3.63, 3.8) is 0 Å². The van der Waals surface area contributed by atoms with Gasteiger partial charge in [0.05, 0.1) is 22.4 Å². The highest BCUT2D eigenvalue weighted by molar-refractivity contribution is 8.14. The molecule has 1 atom stereocenters. The first-order valence-corrected chi connectivity index (χ1v) is 13.7. The third-order valence-electron chi connectivity index (χ3n) is 7.07. The second-order valence-corrected chi connectivity index (χ2v) is 11.1. The number of nitrogens with one attached hydrogen (secondary N) is 1. The summed E-state index contributed by atoms with van der Waals surface area (Å²) < 4.78 is 0. The van der Waals surface area contributed by atoms with Crippen LogP contribution in [0.2, 0.25) is 0 Å². The zero-order chi connectivity index (χ0) is 25.8. The van der Waals surface area contributed by atoms with Crippen molar-refractivity contribution >= 4 is 34.5 Å². The molecule has 2 aromatic carbocycles. The number of aliphatic imine (C=N–C) groups is 1. The number of carboxylic acids is 1. The number of fused-ring (bicyclic) bond motifs is 1. The minimum absolute atomic E-state index is 0.218. The summed E-state index contributed by atoms with van der Waals surface area (Å²) in [6, 6.07) is 17.8. The quantitative estimate of drug-likeness (QED) is 0.358. The first kappa shape index (κ1) is 25.4. The van der Waals surface area contributed by atoms with Gasteiger partial charge in [0.25, 0.3) is 0 Å². The van der Waals surface area contributed by atoms with Gasteiger partial charge in [-0.3, -0.25) is 0 Å². The van der Waals surface area contributed by atoms with Gasteiger partial charge in [-0.1, -0.05) is 55.1 Å². The molecule has 0 spiro atoms. The molecular weight excluding hydrogens is 484 g/mol. The fourth-order valence-electron chi connectivity index (χ4n) is 4.95. The zero-order valence-electron chi connectivity index (χ0n) is 20.9. The van der Waals surface area contributed by atoms with Crippen LogP contribution >= 0.6 is 11.8 Å². The minimum atomic E-state index is -0.925. The van der Waals surface area contributed by atoms with Crippen LogP contribution in [0.5, 0.6) is 0 Å². The molecule has 0 radical (unpaired) electrons. The monoisotopic (exact) mass is 516 g/mol. The van der Waals surface area contributed by atoms with E-state index < -0.39 is 5.97 Å². The van der Waals surface area contributed by atoms with E-state index in [0.717, 1.165) is 59.7 Å². The van der Waals surface area contributed by atoms with Crippen LogP contribution in [-0.4, -0.2) is 43.3 Å². The Morgan fingerprint density at radius 2 is 1.84 bits per heavy atom. The van der Waals surface area contributed by atoms with E-state index in [-0.39, 0.29) is 17.7 Å². The van der Waals surface area contributed by atoms with Gasteiger partial charge in [-0.15, -0.1) is 0 Å². The summed E-state index contributed by atoms with van der Waals surface area (Å²) in [6.45, 7) is 2.18. The third kappa shape index (κ3) is 6.56. The fraction of sp³-hybridized carbons (Fsp3) is 0.379. The highest BCUT2D eigenvalue weighted by Gasteiger charge is 2.22. The van der Waals surface area contributed by atoms with Crippen LogP contribution in [0.15, 0.2) is 64.5 Å². The Kier molecular flexibility index (Phi) is 7.86. The Hall–Kier alpha value is -3.23. The number of aliphatic hydroxyl groups is 1. The van der Waals surface area contributed by atoms with E-state index in [1.54, 1.807) is 12.1 Å². The molecule has 1 unspecified atom stereocenters. The van der Waals surface area contributed by atoms with Gasteiger partial charge in [-0.25, -0.2) is 14.8 Å². The molecule has 1 fully saturated rings. The number of hydrogen-bond acceptors (Lipinski definition) is 7. The summed E-state index contributed by atoms with van der Waals surface area (Å²) in [4.78, 5) is 27.0. The van der Waals surface area contributed by atoms with Crippen molar-refractivity contribution in [3.05, 3.63) is 77.0 Å². The van der Waals surface area contributed by atoms with E-state index in [2.05, 4.69) is 24.4 Å². The Morgan fingerprint density at radius 3 is 2.59 bits per heavy atom. The lowest BCUT2D eigenvalue weighted by molar-refractivity contribution is 0.0696. The van der Waals surface area contributed by atoms with E-state index in [1.807, 2.05) is 30.3 Å². The Labute approximate surface area is 221 Å². The number of aliphatic hydroxyl groups excluding tert-OH is 1. The van der Waals surface area contributed by atoms with Crippen LogP contribution in [-0.2, 0) is 6.42 Å². The molecule has 5 rings (SSSR count). The average molecular weight is 517 g/mol. The minimum Gasteiger partial charge on any atom is -0.478 e. The molecule has 3 aromatic rings. The Morgan fingerprint density at radius 1 is 1.05 bits per heavy atom. The van der Waals surface area contributed by atoms with Crippen molar-refractivity contribution in [1.29, 1.82) is 0 Å². The van der Waals surface area contributed by atoms with Crippen LogP contribution < -0.4 is 5.32 Å². The van der Waals surface area contributed by atoms with E-state index >= 15 is 0 Å². The Balaban J connectivity index is 1.45. The second kappa shape index (κ2) is 11.4. The van der Waals surface area contributed by atoms with Crippen LogP contribution in [0.1, 0.15) is 78.5 Å². The predicted octanol–water partition coefficient (Wildman–Crippen LogP) is 6.20. The van der Waals surface area contributed by atoms with Gasteiger partial charge in [0.15, 0.2) is 5.82 Å². The molecule has 0 saturated heterocycles. The van der Waals surface area contributed by atoms with Crippen molar-refractivity contribution in [2.45, 2.75) is 74.8 Å². The summed E-state index contributed by atoms with van der Waals surface area (Å²) in [7, 11) is 0. The second-order valence-electron chi connectivity index (χ2n) is 9.96. The summed E-state index contributed by atoms with van der Waals surface area (Å²) in [6.07, 6.45) is 5.51. The van der Waals surface area contributed by atoms with Crippen LogP contribution in [0.4, 0.5) is 11.8 Å². The predicted molar refractivity (Wildman–Crippen MR) is 147 cm³/mol. The SMILES string of the molecule is CC1CCC(=Nc2cc(Cc3ccccc3)nc(NC3CCC(O)CC3)n2)Sc2cc(C(=O)O)ccc21. The average Bonchev–Trinajstić information content (AvgIpc) is 3.04. The molecule has 1 saturated carbocycles. The van der Waals surface area contributed by atoms with Crippen molar-refractivity contribution in [2.24, 2.45) is 4.99 Å². The maximum absolute atomic E-state index is 11.6. The molecular formula is C29H32N4O3S. The number of aromatic carboxylic acids is 1. The number of aromatic nitrogens is 2. The number of carbonyl (C=O) groups is 1. The molecule has 192 valence electrons. The smallest absolute Gasteiger partial charge is 0.335 e. The van der Waals surface area contributed by atoms with Gasteiger partial charge in [0.2, 0.25) is 5.95 Å². The third-order valence-corrected chi connectivity index (χ3v) is 8.18. The molecule has 8 heteroatoms. The first-order valence-electron chi connectivity index (χ1n) is 12.9. The molecule has 7 nitrogen and oxygen atoms in total. The maximum atomic E-state index is 11.6. The Bertz CT molecular complexity index is 1290. The maximum Gasteiger partial charge on any atom is 0.335 e. The molecule has 37 heavy (non-hydrogen) atoms. The molecule has 1 aliphatic heterocycles. The van der Waals surface area contributed by atoms with Crippen molar-refractivity contribution in [3.8, 4) is 0 Å². The van der Waals surface area contributed by atoms with Gasteiger partial charge >= 0.3 is 5.97 Å². The highest BCUT2D eigenvalue weighted by atomic mass is 32.2. The number of thioether (sulfide) groups is 1. The largest absolute Gasteiger partial charge is 0.478 e. The van der Waals surface area contributed by atoms with Crippen LogP contribution in [0.3, 0.4) is 0 Å². The molecule has 1 aliphatic carbocycles. The molecule has 2 heterocycles. The summed E-state index contributed by atoms with van der Waals surface area (Å²) >= 11 is 1.54. The van der Waals surface area contributed by atoms with E-state index in [0.29, 0.717) is 24.1 Å². The van der Waals surface area contributed by atoms with Crippen molar-refractivity contribution in [2.75, 3.05) is 5.32 Å². The van der Waals surface area contributed by atoms with Crippen molar-refractivity contribution < 1.29 is 15.0 Å². The lowest BCUT2D eigenvalue weighted by Crippen LogP contribution is -2.29.